The van der Waals surface area contributed by atoms with Crippen molar-refractivity contribution in [2.75, 3.05) is 0 Å². The standard InChI is InChI=1S/C7H8FN2.C2H6.Y/c1-5-2-3-6(8)4-7(5)10-9;1-2;/h2-4H,9H2,1H3;1-2H3;/q-1;;. The minimum Gasteiger partial charge on any atom is -0.625 e. The third-order valence-corrected chi connectivity index (χ3v) is 1.31. The number of hydrogen-bond donors (Lipinski definition) is 1. The largest absolute Gasteiger partial charge is 0.625 e. The second-order valence-corrected chi connectivity index (χ2v) is 2.06. The van der Waals surface area contributed by atoms with Crippen LogP contribution in [0.3, 0.4) is 0 Å². The van der Waals surface area contributed by atoms with Crippen molar-refractivity contribution in [3.8, 4) is 0 Å². The summed E-state index contributed by atoms with van der Waals surface area (Å²) in [7, 11) is 0. The number of benzene rings is 1. The molecular weight excluding hydrogens is 244 g/mol. The molecule has 0 aromatic heterocycles. The van der Waals surface area contributed by atoms with Crippen LogP contribution in [0.25, 0.3) is 5.43 Å². The average molecular weight is 258 g/mol. The maximum absolute atomic E-state index is 12.4. The van der Waals surface area contributed by atoms with Gasteiger partial charge in [-0.25, -0.2) is 4.39 Å². The van der Waals surface area contributed by atoms with Crippen LogP contribution in [0.4, 0.5) is 10.1 Å². The quantitative estimate of drug-likeness (QED) is 0.610. The van der Waals surface area contributed by atoms with Gasteiger partial charge in [0.05, 0.1) is 0 Å². The molecule has 0 aliphatic heterocycles. The van der Waals surface area contributed by atoms with Crippen LogP contribution in [0.5, 0.6) is 0 Å². The molecule has 1 aromatic rings. The van der Waals surface area contributed by atoms with E-state index in [9.17, 15) is 4.39 Å². The van der Waals surface area contributed by atoms with Crippen LogP contribution < -0.4 is 5.84 Å². The molecule has 0 bridgehead atoms. The Morgan fingerprint density at radius 3 is 2.23 bits per heavy atom. The van der Waals surface area contributed by atoms with Crippen LogP contribution in [0, 0.1) is 12.7 Å². The Balaban J connectivity index is 0. The molecule has 0 unspecified atom stereocenters. The molecule has 71 valence electrons. The first-order valence-corrected chi connectivity index (χ1v) is 3.91. The first-order chi connectivity index (χ1) is 5.74. The van der Waals surface area contributed by atoms with E-state index in [2.05, 4.69) is 5.43 Å². The fourth-order valence-corrected chi connectivity index (χ4v) is 0.722. The molecule has 13 heavy (non-hydrogen) atoms. The van der Waals surface area contributed by atoms with Gasteiger partial charge < -0.3 is 11.3 Å². The third kappa shape index (κ3) is 5.34. The number of hydrogen-bond acceptors (Lipinski definition) is 1. The van der Waals surface area contributed by atoms with Crippen LogP contribution in [0.2, 0.25) is 0 Å². The molecule has 1 aromatic carbocycles. The van der Waals surface area contributed by atoms with Gasteiger partial charge in [0.15, 0.2) is 0 Å². The van der Waals surface area contributed by atoms with E-state index in [0.29, 0.717) is 5.69 Å². The Hall–Kier alpha value is 0.0139. The molecule has 0 aliphatic carbocycles. The van der Waals surface area contributed by atoms with Gasteiger partial charge in [0, 0.05) is 32.7 Å². The topological polar surface area (TPSA) is 40.1 Å². The molecule has 0 amide bonds. The summed E-state index contributed by atoms with van der Waals surface area (Å²) in [5.74, 6) is 4.67. The predicted molar refractivity (Wildman–Crippen MR) is 49.7 cm³/mol. The zero-order chi connectivity index (χ0) is 9.56. The van der Waals surface area contributed by atoms with Crippen LogP contribution in [0.1, 0.15) is 19.4 Å². The van der Waals surface area contributed by atoms with Gasteiger partial charge in [-0.15, -0.1) is 5.69 Å². The molecule has 0 spiro atoms. The number of halogens is 1. The van der Waals surface area contributed by atoms with Crippen LogP contribution in [-0.2, 0) is 32.7 Å². The fourth-order valence-electron chi connectivity index (χ4n) is 0.722. The monoisotopic (exact) mass is 258 g/mol. The Morgan fingerprint density at radius 2 is 1.85 bits per heavy atom. The summed E-state index contributed by atoms with van der Waals surface area (Å²) in [5, 5.41) is 0. The van der Waals surface area contributed by atoms with E-state index in [1.807, 2.05) is 20.8 Å². The zero-order valence-corrected chi connectivity index (χ0v) is 11.1. The van der Waals surface area contributed by atoms with Crippen molar-refractivity contribution >= 4 is 5.69 Å². The normalized spacial score (nSPS) is 7.77. The smallest absolute Gasteiger partial charge is 0.122 e. The SMILES string of the molecule is CC.Cc1ccc(F)cc1[N-]N.[Y]. The van der Waals surface area contributed by atoms with E-state index in [-0.39, 0.29) is 38.5 Å². The van der Waals surface area contributed by atoms with E-state index in [1.54, 1.807) is 6.07 Å². The number of aryl methyl sites for hydroxylation is 1. The molecule has 4 heteroatoms. The van der Waals surface area contributed by atoms with Gasteiger partial charge in [0.2, 0.25) is 0 Å². The molecule has 0 fully saturated rings. The molecule has 2 N–H and O–H groups in total. The molecule has 1 radical (unpaired) electrons. The Morgan fingerprint density at radius 1 is 1.31 bits per heavy atom. The minimum atomic E-state index is -0.310. The molecule has 0 saturated heterocycles. The molecule has 0 atom stereocenters. The van der Waals surface area contributed by atoms with Crippen LogP contribution in [-0.4, -0.2) is 0 Å². The average Bonchev–Trinajstić information content (AvgIpc) is 2.13. The Bertz CT molecular complexity index is 241. The molecule has 1 rings (SSSR count). The van der Waals surface area contributed by atoms with Crippen molar-refractivity contribution in [2.24, 2.45) is 5.84 Å². The van der Waals surface area contributed by atoms with Crippen molar-refractivity contribution in [1.82, 2.24) is 0 Å². The van der Waals surface area contributed by atoms with Crippen LogP contribution >= 0.6 is 0 Å². The number of rotatable bonds is 1. The molecular formula is C9H14FN2Y-. The maximum Gasteiger partial charge on any atom is 0.122 e. The fraction of sp³-hybridized carbons (Fsp3) is 0.333. The first-order valence-electron chi connectivity index (χ1n) is 3.91. The zero-order valence-electron chi connectivity index (χ0n) is 8.21. The van der Waals surface area contributed by atoms with Crippen molar-refractivity contribution < 1.29 is 37.1 Å². The first kappa shape index (κ1) is 15.5. The summed E-state index contributed by atoms with van der Waals surface area (Å²) in [6.07, 6.45) is 0. The van der Waals surface area contributed by atoms with Gasteiger partial charge in [-0.2, -0.15) is 0 Å². The number of nitrogens with zero attached hydrogens (tertiary/aromatic N) is 1. The third-order valence-electron chi connectivity index (χ3n) is 1.31. The van der Waals surface area contributed by atoms with Crippen molar-refractivity contribution in [3.63, 3.8) is 0 Å². The van der Waals surface area contributed by atoms with Crippen LogP contribution in [0.15, 0.2) is 18.2 Å². The maximum atomic E-state index is 12.4. The summed E-state index contributed by atoms with van der Waals surface area (Å²) in [4.78, 5) is 0. The Kier molecular flexibility index (Phi) is 10.2. The van der Waals surface area contributed by atoms with E-state index in [4.69, 9.17) is 5.84 Å². The summed E-state index contributed by atoms with van der Waals surface area (Å²) >= 11 is 0. The van der Waals surface area contributed by atoms with E-state index >= 15 is 0 Å². The van der Waals surface area contributed by atoms with Gasteiger partial charge in [-0.05, 0) is 19.1 Å². The van der Waals surface area contributed by atoms with E-state index in [1.165, 1.54) is 12.1 Å². The van der Waals surface area contributed by atoms with Gasteiger partial charge in [-0.1, -0.05) is 25.5 Å². The predicted octanol–water partition coefficient (Wildman–Crippen LogP) is 3.04. The molecule has 0 saturated carbocycles. The van der Waals surface area contributed by atoms with Gasteiger partial charge in [-0.3, -0.25) is 0 Å². The molecule has 2 nitrogen and oxygen atoms in total. The summed E-state index contributed by atoms with van der Waals surface area (Å²) in [6, 6.07) is 4.32. The van der Waals surface area contributed by atoms with E-state index < -0.39 is 0 Å². The van der Waals surface area contributed by atoms with E-state index in [0.717, 1.165) is 5.56 Å². The van der Waals surface area contributed by atoms with Crippen molar-refractivity contribution in [1.29, 1.82) is 0 Å². The van der Waals surface area contributed by atoms with Gasteiger partial charge >= 0.3 is 0 Å². The Labute approximate surface area is 104 Å². The van der Waals surface area contributed by atoms with Crippen molar-refractivity contribution in [2.45, 2.75) is 20.8 Å². The van der Waals surface area contributed by atoms with Gasteiger partial charge in [0.1, 0.15) is 5.82 Å². The van der Waals surface area contributed by atoms with Gasteiger partial charge in [0.25, 0.3) is 0 Å². The summed E-state index contributed by atoms with van der Waals surface area (Å²) in [5.41, 5.74) is 4.77. The number of nitrogens with two attached hydrogens (primary N) is 1. The summed E-state index contributed by atoms with van der Waals surface area (Å²) < 4.78 is 12.4. The minimum absolute atomic E-state index is 0. The summed E-state index contributed by atoms with van der Waals surface area (Å²) in [6.45, 7) is 5.82. The second kappa shape index (κ2) is 8.61. The molecule has 0 heterocycles. The molecule has 0 aliphatic rings. The van der Waals surface area contributed by atoms with Crippen molar-refractivity contribution in [3.05, 3.63) is 35.0 Å². The second-order valence-electron chi connectivity index (χ2n) is 2.06.